The monoisotopic (exact) mass is 312 g/mol. The minimum atomic E-state index is 0.120. The number of aromatic amines is 1. The number of benzene rings is 1. The van der Waals surface area contributed by atoms with Crippen molar-refractivity contribution >= 4 is 16.9 Å². The smallest absolute Gasteiger partial charge is 0.223 e. The molecule has 23 heavy (non-hydrogen) atoms. The zero-order valence-corrected chi connectivity index (χ0v) is 13.3. The average molecular weight is 312 g/mol. The zero-order chi connectivity index (χ0) is 15.8. The maximum atomic E-state index is 12.5. The van der Waals surface area contributed by atoms with Crippen molar-refractivity contribution in [2.75, 3.05) is 0 Å². The Morgan fingerprint density at radius 2 is 2.00 bits per heavy atom. The Hall–Kier alpha value is -1.88. The number of imidazole rings is 1. The molecule has 5 heteroatoms. The largest absolute Gasteiger partial charge is 0.349 e. The van der Waals surface area contributed by atoms with E-state index in [2.05, 4.69) is 15.3 Å². The first-order valence-corrected chi connectivity index (χ1v) is 8.67. The van der Waals surface area contributed by atoms with Crippen molar-refractivity contribution < 1.29 is 4.79 Å². The van der Waals surface area contributed by atoms with Crippen molar-refractivity contribution in [3.05, 3.63) is 30.1 Å². The second kappa shape index (κ2) is 5.96. The Morgan fingerprint density at radius 1 is 1.26 bits per heavy atom. The van der Waals surface area contributed by atoms with E-state index in [1.807, 2.05) is 24.3 Å². The fourth-order valence-electron chi connectivity index (χ4n) is 4.41. The fourth-order valence-corrected chi connectivity index (χ4v) is 4.41. The molecule has 2 atom stereocenters. The molecule has 4 rings (SSSR count). The Morgan fingerprint density at radius 3 is 2.74 bits per heavy atom. The maximum Gasteiger partial charge on any atom is 0.223 e. The van der Waals surface area contributed by atoms with E-state index in [9.17, 15) is 4.79 Å². The van der Waals surface area contributed by atoms with Crippen LogP contribution in [0.1, 0.15) is 37.9 Å². The van der Waals surface area contributed by atoms with Gasteiger partial charge in [-0.1, -0.05) is 18.6 Å². The summed E-state index contributed by atoms with van der Waals surface area (Å²) in [4.78, 5) is 20.3. The molecule has 5 nitrogen and oxygen atoms in total. The number of rotatable bonds is 3. The number of aromatic nitrogens is 2. The normalized spacial score (nSPS) is 30.3. The van der Waals surface area contributed by atoms with E-state index in [1.54, 1.807) is 0 Å². The van der Waals surface area contributed by atoms with Crippen LogP contribution in [-0.4, -0.2) is 21.9 Å². The van der Waals surface area contributed by atoms with Gasteiger partial charge in [0.1, 0.15) is 5.82 Å². The van der Waals surface area contributed by atoms with Crippen LogP contribution in [-0.2, 0) is 11.3 Å². The molecule has 2 fully saturated rings. The number of nitrogens with two attached hydrogens (primary N) is 1. The molecule has 2 aliphatic carbocycles. The first kappa shape index (κ1) is 14.7. The Kier molecular flexibility index (Phi) is 3.81. The number of carbonyl (C=O) groups excluding carboxylic acids is 1. The van der Waals surface area contributed by atoms with Crippen LogP contribution in [0.2, 0.25) is 0 Å². The minimum Gasteiger partial charge on any atom is -0.349 e. The summed E-state index contributed by atoms with van der Waals surface area (Å²) >= 11 is 0. The molecule has 2 aliphatic rings. The quantitative estimate of drug-likeness (QED) is 0.813. The molecule has 0 radical (unpaired) electrons. The molecule has 0 spiro atoms. The summed E-state index contributed by atoms with van der Waals surface area (Å²) < 4.78 is 0. The van der Waals surface area contributed by atoms with E-state index in [1.165, 1.54) is 19.3 Å². The van der Waals surface area contributed by atoms with Crippen molar-refractivity contribution in [1.29, 1.82) is 0 Å². The lowest BCUT2D eigenvalue weighted by atomic mass is 9.65. The number of hydrogen-bond donors (Lipinski definition) is 3. The summed E-state index contributed by atoms with van der Waals surface area (Å²) in [5, 5.41) is 3.06. The molecule has 1 aromatic carbocycles. The van der Waals surface area contributed by atoms with E-state index in [0.29, 0.717) is 24.4 Å². The number of para-hydroxylation sites is 2. The van der Waals surface area contributed by atoms with Gasteiger partial charge in [-0.15, -0.1) is 0 Å². The summed E-state index contributed by atoms with van der Waals surface area (Å²) in [5.41, 5.74) is 8.26. The molecule has 1 heterocycles. The Labute approximate surface area is 136 Å². The summed E-state index contributed by atoms with van der Waals surface area (Å²) in [5.74, 6) is 2.16. The number of nitrogens with zero attached hydrogens (tertiary/aromatic N) is 1. The van der Waals surface area contributed by atoms with Crippen molar-refractivity contribution in [3.8, 4) is 0 Å². The molecular weight excluding hydrogens is 288 g/mol. The topological polar surface area (TPSA) is 83.8 Å². The molecule has 2 unspecified atom stereocenters. The highest BCUT2D eigenvalue weighted by Crippen LogP contribution is 2.41. The van der Waals surface area contributed by atoms with Crippen LogP contribution < -0.4 is 11.1 Å². The van der Waals surface area contributed by atoms with Gasteiger partial charge in [0.15, 0.2) is 0 Å². The van der Waals surface area contributed by atoms with Crippen LogP contribution >= 0.6 is 0 Å². The van der Waals surface area contributed by atoms with E-state index in [0.717, 1.165) is 29.7 Å². The van der Waals surface area contributed by atoms with Crippen LogP contribution in [0.3, 0.4) is 0 Å². The second-order valence-corrected chi connectivity index (χ2v) is 7.12. The summed E-state index contributed by atoms with van der Waals surface area (Å²) in [6, 6.07) is 8.23. The van der Waals surface area contributed by atoms with Gasteiger partial charge in [0.25, 0.3) is 0 Å². The van der Waals surface area contributed by atoms with Crippen LogP contribution in [0, 0.1) is 17.8 Å². The predicted molar refractivity (Wildman–Crippen MR) is 89.5 cm³/mol. The van der Waals surface area contributed by atoms with Gasteiger partial charge in [-0.2, -0.15) is 0 Å². The number of carbonyl (C=O) groups is 1. The van der Waals surface area contributed by atoms with Gasteiger partial charge in [0, 0.05) is 12.0 Å². The highest BCUT2D eigenvalue weighted by molar-refractivity contribution is 5.79. The molecule has 1 amide bonds. The van der Waals surface area contributed by atoms with Crippen molar-refractivity contribution in [2.24, 2.45) is 23.5 Å². The fraction of sp³-hybridized carbons (Fsp3) is 0.556. The van der Waals surface area contributed by atoms with E-state index < -0.39 is 0 Å². The van der Waals surface area contributed by atoms with Crippen LogP contribution in [0.5, 0.6) is 0 Å². The molecule has 2 aromatic rings. The third-order valence-electron chi connectivity index (χ3n) is 5.65. The minimum absolute atomic E-state index is 0.120. The summed E-state index contributed by atoms with van der Waals surface area (Å²) in [7, 11) is 0. The predicted octanol–water partition coefficient (Wildman–Crippen LogP) is 2.33. The van der Waals surface area contributed by atoms with Gasteiger partial charge in [0.2, 0.25) is 5.91 Å². The maximum absolute atomic E-state index is 12.5. The molecule has 0 saturated heterocycles. The van der Waals surface area contributed by atoms with Gasteiger partial charge in [-0.25, -0.2) is 4.98 Å². The number of amides is 1. The van der Waals surface area contributed by atoms with E-state index >= 15 is 0 Å². The SMILES string of the molecule is NC1C2CCCC1CC(C(=O)NCc1nc3ccccc3[nH]1)C2. The van der Waals surface area contributed by atoms with E-state index in [-0.39, 0.29) is 11.8 Å². The third-order valence-corrected chi connectivity index (χ3v) is 5.65. The Bertz CT molecular complexity index is 663. The van der Waals surface area contributed by atoms with Gasteiger partial charge in [-0.05, 0) is 49.7 Å². The molecule has 0 aliphatic heterocycles. The summed E-state index contributed by atoms with van der Waals surface area (Å²) in [6.07, 6.45) is 5.54. The van der Waals surface area contributed by atoms with Crippen molar-refractivity contribution in [2.45, 2.75) is 44.7 Å². The summed E-state index contributed by atoms with van der Waals surface area (Å²) in [6.45, 7) is 0.464. The van der Waals surface area contributed by atoms with Gasteiger partial charge >= 0.3 is 0 Å². The lowest BCUT2D eigenvalue weighted by Gasteiger charge is -2.43. The molecule has 1 aromatic heterocycles. The average Bonchev–Trinajstić information content (AvgIpc) is 2.95. The van der Waals surface area contributed by atoms with Crippen LogP contribution in [0.25, 0.3) is 11.0 Å². The number of fused-ring (bicyclic) bond motifs is 3. The number of hydrogen-bond acceptors (Lipinski definition) is 3. The highest BCUT2D eigenvalue weighted by atomic mass is 16.1. The van der Waals surface area contributed by atoms with Crippen molar-refractivity contribution in [1.82, 2.24) is 15.3 Å². The third kappa shape index (κ3) is 2.85. The van der Waals surface area contributed by atoms with Gasteiger partial charge in [-0.3, -0.25) is 4.79 Å². The Balaban J connectivity index is 1.38. The zero-order valence-electron chi connectivity index (χ0n) is 13.3. The number of H-pyrrole nitrogens is 1. The molecule has 122 valence electrons. The van der Waals surface area contributed by atoms with Crippen LogP contribution in [0.4, 0.5) is 0 Å². The molecule has 2 saturated carbocycles. The molecular formula is C18H24N4O. The van der Waals surface area contributed by atoms with Gasteiger partial charge < -0.3 is 16.0 Å². The van der Waals surface area contributed by atoms with Gasteiger partial charge in [0.05, 0.1) is 17.6 Å². The van der Waals surface area contributed by atoms with Crippen molar-refractivity contribution in [3.63, 3.8) is 0 Å². The van der Waals surface area contributed by atoms with E-state index in [4.69, 9.17) is 5.73 Å². The van der Waals surface area contributed by atoms with Crippen LogP contribution in [0.15, 0.2) is 24.3 Å². The molecule has 2 bridgehead atoms. The highest BCUT2D eigenvalue weighted by Gasteiger charge is 2.40. The first-order valence-electron chi connectivity index (χ1n) is 8.67. The number of nitrogens with one attached hydrogen (secondary N) is 2. The molecule has 4 N–H and O–H groups in total. The lowest BCUT2D eigenvalue weighted by molar-refractivity contribution is -0.128. The standard InChI is InChI=1S/C18H24N4O/c19-17-11-4-3-5-12(17)9-13(8-11)18(23)20-10-16-21-14-6-1-2-7-15(14)22-16/h1-2,6-7,11-13,17H,3-5,8-10,19H2,(H,20,23)(H,21,22). The second-order valence-electron chi connectivity index (χ2n) is 7.12. The lowest BCUT2D eigenvalue weighted by Crippen LogP contribution is -2.49. The first-order chi connectivity index (χ1) is 11.2.